The zero-order valence-electron chi connectivity index (χ0n) is 18.0. The van der Waals surface area contributed by atoms with Crippen molar-refractivity contribution in [3.8, 4) is 11.5 Å². The second kappa shape index (κ2) is 8.20. The zero-order chi connectivity index (χ0) is 23.2. The standard InChI is InChI=1S/C23H23N3O6S/c1-31-18-6-2-4-16(10-18)22(27)23(28)25-12-17-13-26(24-20(17)14-25)33(29,30)19-8-7-15-5-3-9-32-21(15)11-19/h2,4,6-8,10-11,13,22,27H,3,5,9,12,14H2,1H3. The number of methoxy groups -OCH3 is 1. The van der Waals surface area contributed by atoms with E-state index >= 15 is 0 Å². The minimum atomic E-state index is -3.90. The molecule has 0 fully saturated rings. The molecular weight excluding hydrogens is 446 g/mol. The fourth-order valence-electron chi connectivity index (χ4n) is 4.12. The molecule has 2 aliphatic heterocycles. The van der Waals surface area contributed by atoms with Crippen molar-refractivity contribution in [2.45, 2.75) is 36.9 Å². The van der Waals surface area contributed by atoms with Crippen LogP contribution in [0.2, 0.25) is 0 Å². The monoisotopic (exact) mass is 469 g/mol. The molecule has 0 aliphatic carbocycles. The van der Waals surface area contributed by atoms with Crippen LogP contribution in [0.5, 0.6) is 11.5 Å². The number of rotatable bonds is 5. The van der Waals surface area contributed by atoms with Crippen molar-refractivity contribution in [1.82, 2.24) is 14.1 Å². The van der Waals surface area contributed by atoms with Crippen molar-refractivity contribution in [2.75, 3.05) is 13.7 Å². The number of carbonyl (C=O) groups is 1. The molecule has 33 heavy (non-hydrogen) atoms. The number of benzene rings is 2. The first-order chi connectivity index (χ1) is 15.9. The Morgan fingerprint density at radius 2 is 2.03 bits per heavy atom. The van der Waals surface area contributed by atoms with Crippen LogP contribution in [0.25, 0.3) is 0 Å². The van der Waals surface area contributed by atoms with Crippen LogP contribution in [0.4, 0.5) is 0 Å². The van der Waals surface area contributed by atoms with Gasteiger partial charge in [-0.3, -0.25) is 4.79 Å². The molecule has 2 aromatic carbocycles. The lowest BCUT2D eigenvalue weighted by molar-refractivity contribution is -0.141. The molecule has 1 N–H and O–H groups in total. The molecule has 10 heteroatoms. The highest BCUT2D eigenvalue weighted by molar-refractivity contribution is 7.89. The van der Waals surface area contributed by atoms with Gasteiger partial charge in [0.2, 0.25) is 0 Å². The number of aromatic nitrogens is 2. The van der Waals surface area contributed by atoms with Crippen LogP contribution in [0, 0.1) is 0 Å². The Morgan fingerprint density at radius 1 is 1.18 bits per heavy atom. The molecule has 3 aromatic rings. The minimum absolute atomic E-state index is 0.103. The minimum Gasteiger partial charge on any atom is -0.497 e. The van der Waals surface area contributed by atoms with Gasteiger partial charge in [-0.25, -0.2) is 0 Å². The highest BCUT2D eigenvalue weighted by atomic mass is 32.2. The van der Waals surface area contributed by atoms with Gasteiger partial charge in [-0.2, -0.15) is 17.6 Å². The summed E-state index contributed by atoms with van der Waals surface area (Å²) in [5.74, 6) is 0.644. The number of hydrogen-bond donors (Lipinski definition) is 1. The van der Waals surface area contributed by atoms with E-state index in [4.69, 9.17) is 9.47 Å². The van der Waals surface area contributed by atoms with Gasteiger partial charge in [0.15, 0.2) is 6.10 Å². The lowest BCUT2D eigenvalue weighted by Crippen LogP contribution is -2.31. The molecular formula is C23H23N3O6S. The molecule has 0 saturated heterocycles. The number of fused-ring (bicyclic) bond motifs is 2. The van der Waals surface area contributed by atoms with Crippen LogP contribution < -0.4 is 9.47 Å². The molecule has 2 aliphatic rings. The Labute approximate surface area is 191 Å². The van der Waals surface area contributed by atoms with Crippen molar-refractivity contribution < 1.29 is 27.8 Å². The molecule has 0 bridgehead atoms. The summed E-state index contributed by atoms with van der Waals surface area (Å²) in [6, 6.07) is 11.6. The predicted molar refractivity (Wildman–Crippen MR) is 117 cm³/mol. The molecule has 0 saturated carbocycles. The fraction of sp³-hybridized carbons (Fsp3) is 0.304. The van der Waals surface area contributed by atoms with Crippen LogP contribution >= 0.6 is 0 Å². The number of aliphatic hydroxyl groups is 1. The van der Waals surface area contributed by atoms with Gasteiger partial charge in [0.25, 0.3) is 15.9 Å². The van der Waals surface area contributed by atoms with E-state index < -0.39 is 22.0 Å². The third kappa shape index (κ3) is 3.85. The van der Waals surface area contributed by atoms with Gasteiger partial charge >= 0.3 is 0 Å². The van der Waals surface area contributed by atoms with Crippen molar-refractivity contribution in [3.05, 3.63) is 71.0 Å². The zero-order valence-corrected chi connectivity index (χ0v) is 18.8. The molecule has 3 heterocycles. The van der Waals surface area contributed by atoms with E-state index in [-0.39, 0.29) is 18.0 Å². The van der Waals surface area contributed by atoms with Gasteiger partial charge in [-0.15, -0.1) is 0 Å². The lowest BCUT2D eigenvalue weighted by atomic mass is 10.1. The Bertz CT molecular complexity index is 1310. The second-order valence-electron chi connectivity index (χ2n) is 8.07. The third-order valence-corrected chi connectivity index (χ3v) is 7.47. The van der Waals surface area contributed by atoms with Gasteiger partial charge < -0.3 is 19.5 Å². The van der Waals surface area contributed by atoms with E-state index in [0.29, 0.717) is 34.9 Å². The molecule has 1 aromatic heterocycles. The summed E-state index contributed by atoms with van der Waals surface area (Å²) in [5.41, 5.74) is 2.52. The SMILES string of the molecule is COc1cccc(C(O)C(=O)N2Cc3cn(S(=O)(=O)c4ccc5c(c4)OCCC5)nc3C2)c1. The topological polar surface area (TPSA) is 111 Å². The molecule has 1 amide bonds. The Kier molecular flexibility index (Phi) is 5.34. The first kappa shape index (κ1) is 21.5. The average Bonchev–Trinajstić information content (AvgIpc) is 3.43. The van der Waals surface area contributed by atoms with Crippen LogP contribution in [-0.2, 0) is 34.3 Å². The van der Waals surface area contributed by atoms with Crippen molar-refractivity contribution in [2.24, 2.45) is 0 Å². The third-order valence-electron chi connectivity index (χ3n) is 5.94. The van der Waals surface area contributed by atoms with Crippen molar-refractivity contribution in [1.29, 1.82) is 0 Å². The van der Waals surface area contributed by atoms with E-state index in [1.54, 1.807) is 36.4 Å². The smallest absolute Gasteiger partial charge is 0.283 e. The maximum Gasteiger partial charge on any atom is 0.283 e. The average molecular weight is 470 g/mol. The number of aliphatic hydroxyl groups excluding tert-OH is 1. The van der Waals surface area contributed by atoms with Gasteiger partial charge in [-0.05, 0) is 42.2 Å². The number of carbonyl (C=O) groups excluding carboxylic acids is 1. The van der Waals surface area contributed by atoms with Crippen LogP contribution in [0.15, 0.2) is 53.6 Å². The van der Waals surface area contributed by atoms with E-state index in [1.165, 1.54) is 24.3 Å². The summed E-state index contributed by atoms with van der Waals surface area (Å²) in [6.07, 6.45) is 1.84. The maximum atomic E-state index is 13.1. The highest BCUT2D eigenvalue weighted by Gasteiger charge is 2.33. The van der Waals surface area contributed by atoms with Crippen LogP contribution in [0.1, 0.15) is 34.9 Å². The number of ether oxygens (including phenoxy) is 2. The number of hydrogen-bond acceptors (Lipinski definition) is 7. The van der Waals surface area contributed by atoms with E-state index in [1.807, 2.05) is 0 Å². The summed E-state index contributed by atoms with van der Waals surface area (Å²) in [7, 11) is -2.39. The Morgan fingerprint density at radius 3 is 2.82 bits per heavy atom. The summed E-state index contributed by atoms with van der Waals surface area (Å²) in [6.45, 7) is 0.848. The van der Waals surface area contributed by atoms with Gasteiger partial charge in [0.05, 0.1) is 30.9 Å². The lowest BCUT2D eigenvalue weighted by Gasteiger charge is -2.20. The van der Waals surface area contributed by atoms with Gasteiger partial charge in [0.1, 0.15) is 11.5 Å². The summed E-state index contributed by atoms with van der Waals surface area (Å²) in [5, 5.41) is 14.8. The molecule has 9 nitrogen and oxygen atoms in total. The molecule has 1 unspecified atom stereocenters. The predicted octanol–water partition coefficient (Wildman–Crippen LogP) is 2.03. The summed E-state index contributed by atoms with van der Waals surface area (Å²) >= 11 is 0. The normalized spacial score (nSPS) is 16.0. The first-order valence-corrected chi connectivity index (χ1v) is 12.0. The first-order valence-electron chi connectivity index (χ1n) is 10.6. The quantitative estimate of drug-likeness (QED) is 0.609. The van der Waals surface area contributed by atoms with Crippen LogP contribution in [0.3, 0.4) is 0 Å². The van der Waals surface area contributed by atoms with Crippen LogP contribution in [-0.4, -0.2) is 47.2 Å². The van der Waals surface area contributed by atoms with Crippen molar-refractivity contribution in [3.63, 3.8) is 0 Å². The number of amides is 1. The Balaban J connectivity index is 1.33. The van der Waals surface area contributed by atoms with E-state index in [2.05, 4.69) is 5.10 Å². The maximum absolute atomic E-state index is 13.1. The number of nitrogens with zero attached hydrogens (tertiary/aromatic N) is 3. The highest BCUT2D eigenvalue weighted by Crippen LogP contribution is 2.30. The fourth-order valence-corrected chi connectivity index (χ4v) is 5.31. The van der Waals surface area contributed by atoms with Crippen molar-refractivity contribution >= 4 is 15.9 Å². The van der Waals surface area contributed by atoms with E-state index in [9.17, 15) is 18.3 Å². The van der Waals surface area contributed by atoms with E-state index in [0.717, 1.165) is 22.5 Å². The largest absolute Gasteiger partial charge is 0.497 e. The summed E-state index contributed by atoms with van der Waals surface area (Å²) < 4.78 is 37.9. The molecule has 5 rings (SSSR count). The molecule has 172 valence electrons. The summed E-state index contributed by atoms with van der Waals surface area (Å²) in [4.78, 5) is 14.4. The van der Waals surface area contributed by atoms with Gasteiger partial charge in [0, 0.05) is 24.4 Å². The Hall–Kier alpha value is -3.37. The second-order valence-corrected chi connectivity index (χ2v) is 9.87. The molecule has 0 spiro atoms. The number of aryl methyl sites for hydroxylation is 1. The van der Waals surface area contributed by atoms with Gasteiger partial charge in [-0.1, -0.05) is 18.2 Å². The molecule has 0 radical (unpaired) electrons. The molecule has 1 atom stereocenters.